The molecule has 0 fully saturated rings. The van der Waals surface area contributed by atoms with Gasteiger partial charge in [-0.25, -0.2) is 4.68 Å². The third-order valence-corrected chi connectivity index (χ3v) is 4.22. The zero-order chi connectivity index (χ0) is 11.7. The highest BCUT2D eigenvalue weighted by Gasteiger charge is 2.28. The van der Waals surface area contributed by atoms with E-state index in [-0.39, 0.29) is 0 Å². The maximum atomic E-state index is 4.75. The van der Waals surface area contributed by atoms with Crippen molar-refractivity contribution in [3.63, 3.8) is 0 Å². The fraction of sp³-hybridized carbons (Fsp3) is 0.750. The smallest absolute Gasteiger partial charge is 0.139 e. The van der Waals surface area contributed by atoms with E-state index in [0.717, 1.165) is 25.8 Å². The molecule has 0 saturated heterocycles. The first-order valence-corrected chi connectivity index (χ1v) is 6.99. The fourth-order valence-corrected chi connectivity index (χ4v) is 3.07. The van der Waals surface area contributed by atoms with Gasteiger partial charge < -0.3 is 5.32 Å². The van der Waals surface area contributed by atoms with Crippen molar-refractivity contribution >= 4 is 21.7 Å². The molecule has 2 unspecified atom stereocenters. The molecular formula is C12H20BrN3. The minimum Gasteiger partial charge on any atom is -0.369 e. The second-order valence-electron chi connectivity index (χ2n) is 4.64. The number of halogens is 1. The zero-order valence-electron chi connectivity index (χ0n) is 10.3. The summed E-state index contributed by atoms with van der Waals surface area (Å²) in [6.07, 6.45) is 3.34. The van der Waals surface area contributed by atoms with Crippen molar-refractivity contribution in [2.24, 2.45) is 5.92 Å². The molecular weight excluding hydrogens is 266 g/mol. The monoisotopic (exact) mass is 285 g/mol. The van der Waals surface area contributed by atoms with Gasteiger partial charge in [-0.1, -0.05) is 27.2 Å². The lowest BCUT2D eigenvalue weighted by molar-refractivity contribution is 0.311. The van der Waals surface area contributed by atoms with Crippen LogP contribution in [0.15, 0.2) is 4.47 Å². The van der Waals surface area contributed by atoms with E-state index < -0.39 is 0 Å². The third kappa shape index (κ3) is 1.88. The van der Waals surface area contributed by atoms with Crippen molar-refractivity contribution in [3.05, 3.63) is 10.2 Å². The lowest BCUT2D eigenvalue weighted by Crippen LogP contribution is -2.31. The van der Waals surface area contributed by atoms with Crippen LogP contribution in [0, 0.1) is 5.92 Å². The average molecular weight is 286 g/mol. The molecule has 0 saturated carbocycles. The number of nitrogens with zero attached hydrogens (tertiary/aromatic N) is 2. The highest BCUT2D eigenvalue weighted by Crippen LogP contribution is 2.36. The largest absolute Gasteiger partial charge is 0.369 e. The van der Waals surface area contributed by atoms with E-state index in [1.54, 1.807) is 0 Å². The van der Waals surface area contributed by atoms with Gasteiger partial charge in [-0.2, -0.15) is 5.10 Å². The second kappa shape index (κ2) is 4.78. The Morgan fingerprint density at radius 2 is 2.25 bits per heavy atom. The topological polar surface area (TPSA) is 29.9 Å². The molecule has 1 N–H and O–H groups in total. The minimum absolute atomic E-state index is 0.540. The van der Waals surface area contributed by atoms with Gasteiger partial charge >= 0.3 is 0 Å². The number of aryl methyl sites for hydroxylation is 1. The Kier molecular flexibility index (Phi) is 3.57. The summed E-state index contributed by atoms with van der Waals surface area (Å²) in [5.74, 6) is 1.83. The number of rotatable bonds is 3. The summed E-state index contributed by atoms with van der Waals surface area (Å²) in [6, 6.07) is 0.540. The summed E-state index contributed by atoms with van der Waals surface area (Å²) in [6.45, 7) is 7.77. The minimum atomic E-state index is 0.540. The Morgan fingerprint density at radius 3 is 2.88 bits per heavy atom. The number of aromatic nitrogens is 2. The molecule has 0 aromatic carbocycles. The maximum Gasteiger partial charge on any atom is 0.139 e. The molecule has 0 radical (unpaired) electrons. The van der Waals surface area contributed by atoms with Crippen LogP contribution in [-0.4, -0.2) is 16.3 Å². The van der Waals surface area contributed by atoms with Crippen molar-refractivity contribution in [2.75, 3.05) is 11.9 Å². The summed E-state index contributed by atoms with van der Waals surface area (Å²) >= 11 is 3.67. The maximum absolute atomic E-state index is 4.75. The SMILES string of the molecule is CCCc1nn2c(c1Br)NCC(C)C2CC. The van der Waals surface area contributed by atoms with Gasteiger partial charge in [0.25, 0.3) is 0 Å². The Morgan fingerprint density at radius 1 is 1.50 bits per heavy atom. The first-order chi connectivity index (χ1) is 7.69. The van der Waals surface area contributed by atoms with Crippen LogP contribution in [0.25, 0.3) is 0 Å². The molecule has 0 bridgehead atoms. The van der Waals surface area contributed by atoms with Gasteiger partial charge in [0.15, 0.2) is 0 Å². The van der Waals surface area contributed by atoms with Crippen molar-refractivity contribution in [1.29, 1.82) is 0 Å². The standard InChI is InChI=1S/C12H20BrN3/c1-4-6-9-11(13)12-14-7-8(3)10(5-2)16(12)15-9/h8,10,14H,4-7H2,1-3H3. The molecule has 0 aliphatic carbocycles. The Balaban J connectivity index is 2.39. The summed E-state index contributed by atoms with van der Waals surface area (Å²) in [4.78, 5) is 0. The molecule has 16 heavy (non-hydrogen) atoms. The van der Waals surface area contributed by atoms with Crippen LogP contribution in [0.2, 0.25) is 0 Å². The van der Waals surface area contributed by atoms with E-state index in [1.807, 2.05) is 0 Å². The third-order valence-electron chi connectivity index (χ3n) is 3.39. The molecule has 4 heteroatoms. The van der Waals surface area contributed by atoms with E-state index in [0.29, 0.717) is 12.0 Å². The molecule has 1 aromatic heterocycles. The lowest BCUT2D eigenvalue weighted by Gasteiger charge is -2.30. The molecule has 3 nitrogen and oxygen atoms in total. The van der Waals surface area contributed by atoms with Crippen LogP contribution in [0.4, 0.5) is 5.82 Å². The van der Waals surface area contributed by atoms with Crippen LogP contribution >= 0.6 is 15.9 Å². The molecule has 90 valence electrons. The first-order valence-electron chi connectivity index (χ1n) is 6.19. The van der Waals surface area contributed by atoms with E-state index in [1.165, 1.54) is 16.0 Å². The van der Waals surface area contributed by atoms with Crippen molar-refractivity contribution in [3.8, 4) is 0 Å². The highest BCUT2D eigenvalue weighted by molar-refractivity contribution is 9.10. The van der Waals surface area contributed by atoms with Crippen molar-refractivity contribution in [2.45, 2.75) is 46.1 Å². The summed E-state index contributed by atoms with van der Waals surface area (Å²) in [7, 11) is 0. The average Bonchev–Trinajstić information content (AvgIpc) is 2.57. The molecule has 0 spiro atoms. The number of nitrogens with one attached hydrogen (secondary N) is 1. The number of hydrogen-bond acceptors (Lipinski definition) is 2. The molecule has 0 amide bonds. The molecule has 1 aliphatic rings. The van der Waals surface area contributed by atoms with Gasteiger partial charge in [-0.15, -0.1) is 0 Å². The Labute approximate surface area is 106 Å². The number of fused-ring (bicyclic) bond motifs is 1. The van der Waals surface area contributed by atoms with Crippen molar-refractivity contribution in [1.82, 2.24) is 9.78 Å². The molecule has 2 heterocycles. The first kappa shape index (κ1) is 12.0. The van der Waals surface area contributed by atoms with Crippen LogP contribution in [0.3, 0.4) is 0 Å². The fourth-order valence-electron chi connectivity index (χ4n) is 2.47. The van der Waals surface area contributed by atoms with Crippen LogP contribution in [0.1, 0.15) is 45.3 Å². The lowest BCUT2D eigenvalue weighted by atomic mass is 9.98. The summed E-state index contributed by atoms with van der Waals surface area (Å²) < 4.78 is 3.35. The van der Waals surface area contributed by atoms with Crippen LogP contribution in [0.5, 0.6) is 0 Å². The van der Waals surface area contributed by atoms with Gasteiger partial charge in [-0.05, 0) is 34.7 Å². The molecule has 2 rings (SSSR count). The zero-order valence-corrected chi connectivity index (χ0v) is 11.8. The predicted molar refractivity (Wildman–Crippen MR) is 70.9 cm³/mol. The van der Waals surface area contributed by atoms with Gasteiger partial charge in [0.05, 0.1) is 16.2 Å². The normalized spacial score (nSPS) is 24.0. The van der Waals surface area contributed by atoms with Crippen LogP contribution in [-0.2, 0) is 6.42 Å². The van der Waals surface area contributed by atoms with Crippen molar-refractivity contribution < 1.29 is 0 Å². The van der Waals surface area contributed by atoms with E-state index >= 15 is 0 Å². The Bertz CT molecular complexity index is 373. The van der Waals surface area contributed by atoms with Crippen LogP contribution < -0.4 is 5.32 Å². The number of hydrogen-bond donors (Lipinski definition) is 1. The van der Waals surface area contributed by atoms with Gasteiger partial charge in [0.1, 0.15) is 5.82 Å². The summed E-state index contributed by atoms with van der Waals surface area (Å²) in [5, 5.41) is 8.23. The molecule has 2 atom stereocenters. The van der Waals surface area contributed by atoms with E-state index in [4.69, 9.17) is 5.10 Å². The molecule has 1 aromatic rings. The van der Waals surface area contributed by atoms with Gasteiger partial charge in [0.2, 0.25) is 0 Å². The number of anilines is 1. The summed E-state index contributed by atoms with van der Waals surface area (Å²) in [5.41, 5.74) is 1.19. The molecule has 1 aliphatic heterocycles. The van der Waals surface area contributed by atoms with E-state index in [9.17, 15) is 0 Å². The van der Waals surface area contributed by atoms with Gasteiger partial charge in [0, 0.05) is 6.54 Å². The Hall–Kier alpha value is -0.510. The second-order valence-corrected chi connectivity index (χ2v) is 5.43. The predicted octanol–water partition coefficient (Wildman–Crippen LogP) is 3.61. The quantitative estimate of drug-likeness (QED) is 0.920. The van der Waals surface area contributed by atoms with Gasteiger partial charge in [-0.3, -0.25) is 0 Å². The van der Waals surface area contributed by atoms with E-state index in [2.05, 4.69) is 46.7 Å². The highest BCUT2D eigenvalue weighted by atomic mass is 79.9.